The van der Waals surface area contributed by atoms with Gasteiger partial charge in [-0.25, -0.2) is 4.21 Å². The summed E-state index contributed by atoms with van der Waals surface area (Å²) in [6, 6.07) is 11.4. The van der Waals surface area contributed by atoms with Crippen LogP contribution in [0.15, 0.2) is 52.9 Å². The maximum atomic E-state index is 14.4. The molecule has 2 unspecified atom stereocenters. The molecule has 1 N–H and O–H groups in total. The first-order chi connectivity index (χ1) is 24.4. The Hall–Kier alpha value is -3.06. The van der Waals surface area contributed by atoms with Gasteiger partial charge in [0.25, 0.3) is 5.91 Å². The first kappa shape index (κ1) is 36.3. The average Bonchev–Trinajstić information content (AvgIpc) is 3.19. The monoisotopic (exact) mass is 745 g/mol. The van der Waals surface area contributed by atoms with Gasteiger partial charge in [0.15, 0.2) is 0 Å². The van der Waals surface area contributed by atoms with Crippen molar-refractivity contribution in [3.8, 4) is 5.75 Å². The second kappa shape index (κ2) is 14.8. The number of ether oxygens (including phenoxy) is 3. The number of alkyl halides is 2. The summed E-state index contributed by atoms with van der Waals surface area (Å²) in [7, 11) is -1.85. The molecule has 51 heavy (non-hydrogen) atoms. The van der Waals surface area contributed by atoms with E-state index in [2.05, 4.69) is 36.9 Å². The van der Waals surface area contributed by atoms with Crippen molar-refractivity contribution in [2.45, 2.75) is 82.5 Å². The van der Waals surface area contributed by atoms with Crippen LogP contribution in [-0.2, 0) is 36.0 Å². The lowest BCUT2D eigenvalue weighted by Crippen LogP contribution is -2.49. The summed E-state index contributed by atoms with van der Waals surface area (Å²) in [6.07, 6.45) is 8.98. The van der Waals surface area contributed by atoms with Gasteiger partial charge in [0.05, 0.1) is 30.3 Å². The third-order valence-corrected chi connectivity index (χ3v) is 13.8. The highest BCUT2D eigenvalue weighted by molar-refractivity contribution is 7.92. The minimum absolute atomic E-state index is 0.0612. The Morgan fingerprint density at radius 3 is 2.76 bits per heavy atom. The molecular weight excluding hydrogens is 700 g/mol. The van der Waals surface area contributed by atoms with Crippen molar-refractivity contribution in [3.05, 3.63) is 70.3 Å². The van der Waals surface area contributed by atoms with Crippen molar-refractivity contribution in [2.24, 2.45) is 28.0 Å². The lowest BCUT2D eigenvalue weighted by atomic mass is 9.68. The van der Waals surface area contributed by atoms with Crippen LogP contribution >= 0.6 is 11.6 Å². The predicted molar refractivity (Wildman–Crippen MR) is 192 cm³/mol. The SMILES string of the molecule is CO[C@H]1/C=C/C[C@H](C)CS(=O)(NC(=O)C2CC(OC(F)F)C2)=NC(=O)c2ccc3c(c2)N(C[C@@H]2CCC21)C[C@@]1(CCCc2cc(Cl)ccc21)CO3. The molecule has 2 aliphatic heterocycles. The summed E-state index contributed by atoms with van der Waals surface area (Å²) >= 11 is 6.44. The molecule has 13 heteroatoms. The second-order valence-corrected chi connectivity index (χ2v) is 17.6. The van der Waals surface area contributed by atoms with Crippen LogP contribution in [0.4, 0.5) is 14.5 Å². The van der Waals surface area contributed by atoms with E-state index in [1.165, 1.54) is 11.1 Å². The fourth-order valence-corrected chi connectivity index (χ4v) is 10.8. The van der Waals surface area contributed by atoms with Gasteiger partial charge in [-0.05, 0) is 111 Å². The third kappa shape index (κ3) is 7.70. The molecule has 0 saturated heterocycles. The van der Waals surface area contributed by atoms with E-state index in [0.717, 1.165) is 49.4 Å². The number of hydrogen-bond donors (Lipinski definition) is 1. The van der Waals surface area contributed by atoms with E-state index in [9.17, 15) is 22.6 Å². The quantitative estimate of drug-likeness (QED) is 0.326. The van der Waals surface area contributed by atoms with Crippen molar-refractivity contribution in [1.82, 2.24) is 4.72 Å². The molecule has 0 radical (unpaired) electrons. The number of aryl methyl sites for hydroxylation is 1. The molecule has 2 heterocycles. The number of anilines is 1. The highest BCUT2D eigenvalue weighted by Gasteiger charge is 2.45. The highest BCUT2D eigenvalue weighted by Crippen LogP contribution is 2.47. The summed E-state index contributed by atoms with van der Waals surface area (Å²) in [5.41, 5.74) is 3.21. The van der Waals surface area contributed by atoms with Crippen molar-refractivity contribution in [1.29, 1.82) is 0 Å². The van der Waals surface area contributed by atoms with Gasteiger partial charge >= 0.3 is 6.61 Å². The maximum Gasteiger partial charge on any atom is 0.345 e. The zero-order chi connectivity index (χ0) is 35.9. The molecule has 7 rings (SSSR count). The lowest BCUT2D eigenvalue weighted by molar-refractivity contribution is -0.192. The molecule has 2 amide bonds. The van der Waals surface area contributed by atoms with E-state index in [-0.39, 0.29) is 41.6 Å². The van der Waals surface area contributed by atoms with E-state index in [0.29, 0.717) is 37.2 Å². The summed E-state index contributed by atoms with van der Waals surface area (Å²) in [5.74, 6) is -0.883. The number of hydrogen-bond acceptors (Lipinski definition) is 7. The number of halogens is 3. The molecule has 1 spiro atoms. The molecule has 6 atom stereocenters. The predicted octanol–water partition coefficient (Wildman–Crippen LogP) is 7.11. The number of rotatable bonds is 5. The van der Waals surface area contributed by atoms with Crippen LogP contribution in [0.3, 0.4) is 0 Å². The van der Waals surface area contributed by atoms with Gasteiger partial charge in [0.1, 0.15) is 15.7 Å². The first-order valence-electron chi connectivity index (χ1n) is 18.0. The zero-order valence-electron chi connectivity index (χ0n) is 29.0. The summed E-state index contributed by atoms with van der Waals surface area (Å²) < 4.78 is 63.6. The standard InChI is InChI=1S/C38H46ClF2N3O6S/c1-23-5-3-7-33(48-2)30-11-8-26(30)19-44-21-38(14-4-6-24-15-28(39)10-12-31(24)38)22-49-34-13-9-25(18-32(34)44)35(45)42-51(47,20-23)43-36(46)27-16-29(17-27)50-37(40)41/h3,7,9-10,12-13,15,18,23,26-27,29-30,33,37H,4-6,8,11,14,16-17,19-22H2,1-2H3,(H,42,43,45,46,47)/b7-3+/t23-,26-,27?,29?,30?,33-,38-,51?/m0/s1. The van der Waals surface area contributed by atoms with Gasteiger partial charge in [-0.1, -0.05) is 36.7 Å². The summed E-state index contributed by atoms with van der Waals surface area (Å²) in [5, 5.41) is 0.719. The second-order valence-electron chi connectivity index (χ2n) is 15.1. The van der Waals surface area contributed by atoms with Crippen molar-refractivity contribution < 1.29 is 36.8 Å². The van der Waals surface area contributed by atoms with E-state index in [4.69, 9.17) is 21.1 Å². The molecule has 2 aromatic carbocycles. The zero-order valence-corrected chi connectivity index (χ0v) is 30.6. The Morgan fingerprint density at radius 2 is 2.02 bits per heavy atom. The van der Waals surface area contributed by atoms with Gasteiger partial charge in [0, 0.05) is 42.1 Å². The van der Waals surface area contributed by atoms with E-state index < -0.39 is 40.4 Å². The number of methoxy groups -OCH3 is 1. The normalized spacial score (nSPS) is 34.2. The maximum absolute atomic E-state index is 14.4. The molecule has 3 aliphatic carbocycles. The smallest absolute Gasteiger partial charge is 0.345 e. The van der Waals surface area contributed by atoms with Gasteiger partial charge in [-0.2, -0.15) is 8.78 Å². The molecule has 0 aromatic heterocycles. The number of benzene rings is 2. The van der Waals surface area contributed by atoms with Crippen LogP contribution in [0.5, 0.6) is 5.75 Å². The van der Waals surface area contributed by atoms with Gasteiger partial charge in [0.2, 0.25) is 5.91 Å². The van der Waals surface area contributed by atoms with E-state index >= 15 is 0 Å². The minimum Gasteiger partial charge on any atom is -0.490 e. The number of carbonyl (C=O) groups is 2. The van der Waals surface area contributed by atoms with Crippen LogP contribution in [0, 0.1) is 23.7 Å². The first-order valence-corrected chi connectivity index (χ1v) is 20.0. The average molecular weight is 746 g/mol. The van der Waals surface area contributed by atoms with Crippen LogP contribution < -0.4 is 14.4 Å². The topological polar surface area (TPSA) is 107 Å². The van der Waals surface area contributed by atoms with Gasteiger partial charge < -0.3 is 19.1 Å². The van der Waals surface area contributed by atoms with Gasteiger partial charge in [-0.3, -0.25) is 14.3 Å². The van der Waals surface area contributed by atoms with Crippen molar-refractivity contribution >= 4 is 39.0 Å². The summed E-state index contributed by atoms with van der Waals surface area (Å²) in [6.45, 7) is 0.872. The van der Waals surface area contributed by atoms with Crippen LogP contribution in [0.2, 0.25) is 5.02 Å². The third-order valence-electron chi connectivity index (χ3n) is 11.5. The molecule has 2 aromatic rings. The minimum atomic E-state index is -3.59. The highest BCUT2D eigenvalue weighted by atomic mass is 35.5. The van der Waals surface area contributed by atoms with Crippen molar-refractivity contribution in [2.75, 3.05) is 37.5 Å². The fourth-order valence-electron chi connectivity index (χ4n) is 8.64. The molecule has 9 nitrogen and oxygen atoms in total. The van der Waals surface area contributed by atoms with E-state index in [1.54, 1.807) is 25.3 Å². The fraction of sp³-hybridized carbons (Fsp3) is 0.579. The molecule has 276 valence electrons. The molecule has 2 fully saturated rings. The lowest BCUT2D eigenvalue weighted by Gasteiger charge is -2.46. The number of nitrogens with zero attached hydrogens (tertiary/aromatic N) is 2. The summed E-state index contributed by atoms with van der Waals surface area (Å²) in [4.78, 5) is 29.5. The Balaban J connectivity index is 1.25. The van der Waals surface area contributed by atoms with E-state index in [1.807, 2.05) is 19.1 Å². The largest absolute Gasteiger partial charge is 0.490 e. The number of carbonyl (C=O) groups excluding carboxylic acids is 2. The number of fused-ring (bicyclic) bond motifs is 4. The Labute approximate surface area is 303 Å². The number of amides is 2. The molecule has 2 bridgehead atoms. The number of allylic oxidation sites excluding steroid dienone is 1. The molecule has 5 aliphatic rings. The Kier molecular flexibility index (Phi) is 10.5. The van der Waals surface area contributed by atoms with Crippen LogP contribution in [0.25, 0.3) is 0 Å². The Bertz CT molecular complexity index is 1810. The van der Waals surface area contributed by atoms with Crippen molar-refractivity contribution in [3.63, 3.8) is 0 Å². The van der Waals surface area contributed by atoms with Gasteiger partial charge in [-0.15, -0.1) is 4.36 Å². The van der Waals surface area contributed by atoms with Crippen LogP contribution in [-0.4, -0.2) is 67.4 Å². The molecule has 2 saturated carbocycles. The Morgan fingerprint density at radius 1 is 1.20 bits per heavy atom. The van der Waals surface area contributed by atoms with Crippen LogP contribution in [0.1, 0.15) is 73.4 Å². The molecular formula is C38H46ClF2N3O6S. The number of nitrogens with one attached hydrogen (secondary N) is 1.